The van der Waals surface area contributed by atoms with E-state index in [1.54, 1.807) is 0 Å². The Morgan fingerprint density at radius 1 is 0.293 bits per heavy atom. The van der Waals surface area contributed by atoms with Crippen molar-refractivity contribution in [2.24, 2.45) is 0 Å². The van der Waals surface area contributed by atoms with Crippen molar-refractivity contribution in [1.82, 2.24) is 0 Å². The first-order valence-corrected chi connectivity index (χ1v) is 20.7. The standard InChI is InChI=1S/C56H37NS/c1-3-14-41(15-4-1)50-35-36-51(42-16-5-2-6-17-42)56-54(50)52-23-12-24-53(55(52)58-56)57(46-31-27-39(28-32-46)45-26-25-38-13-7-8-19-44(38)37-45)47-33-29-43(30-34-47)49-22-11-20-40-18-9-10-21-48(40)49/h1-37H. The average Bonchev–Trinajstić information content (AvgIpc) is 3.70. The Bertz CT molecular complexity index is 3250. The largest absolute Gasteiger partial charge is 0.309 e. The first-order chi connectivity index (χ1) is 28.8. The van der Waals surface area contributed by atoms with Crippen molar-refractivity contribution in [3.8, 4) is 44.5 Å². The van der Waals surface area contributed by atoms with Crippen LogP contribution >= 0.6 is 11.3 Å². The quantitative estimate of drug-likeness (QED) is 0.157. The molecule has 0 aliphatic rings. The Balaban J connectivity index is 1.11. The Morgan fingerprint density at radius 2 is 0.828 bits per heavy atom. The van der Waals surface area contributed by atoms with Gasteiger partial charge in [-0.3, -0.25) is 0 Å². The minimum Gasteiger partial charge on any atom is -0.309 e. The van der Waals surface area contributed by atoms with Crippen molar-refractivity contribution in [3.63, 3.8) is 0 Å². The zero-order chi connectivity index (χ0) is 38.4. The number of rotatable bonds is 7. The maximum Gasteiger partial charge on any atom is 0.0640 e. The predicted octanol–water partition coefficient (Wildman–Crippen LogP) is 16.5. The third kappa shape index (κ3) is 5.94. The van der Waals surface area contributed by atoms with Gasteiger partial charge in [-0.15, -0.1) is 11.3 Å². The normalized spacial score (nSPS) is 11.4. The summed E-state index contributed by atoms with van der Waals surface area (Å²) < 4.78 is 2.56. The highest BCUT2D eigenvalue weighted by atomic mass is 32.1. The molecule has 0 aliphatic carbocycles. The van der Waals surface area contributed by atoms with Gasteiger partial charge in [0.05, 0.1) is 10.4 Å². The Morgan fingerprint density at radius 3 is 1.57 bits per heavy atom. The molecule has 0 unspecified atom stereocenters. The molecule has 272 valence electrons. The molecule has 0 N–H and O–H groups in total. The number of benzene rings is 10. The minimum absolute atomic E-state index is 1.11. The molecule has 11 rings (SSSR count). The molecule has 0 spiro atoms. The summed E-state index contributed by atoms with van der Waals surface area (Å²) in [6.07, 6.45) is 0. The SMILES string of the molecule is c1ccc(-c2ccc(-c3ccccc3)c3c2sc2c(N(c4ccc(-c5ccc6ccccc6c5)cc4)c4ccc(-c5cccc6ccccc56)cc4)cccc23)cc1. The van der Waals surface area contributed by atoms with Crippen molar-refractivity contribution in [2.45, 2.75) is 0 Å². The lowest BCUT2D eigenvalue weighted by molar-refractivity contribution is 1.30. The van der Waals surface area contributed by atoms with Gasteiger partial charge in [-0.2, -0.15) is 0 Å². The molecule has 2 heteroatoms. The molecule has 1 aromatic heterocycles. The zero-order valence-electron chi connectivity index (χ0n) is 31.7. The number of fused-ring (bicyclic) bond motifs is 5. The van der Waals surface area contributed by atoms with Crippen molar-refractivity contribution in [1.29, 1.82) is 0 Å². The third-order valence-corrected chi connectivity index (χ3v) is 12.7. The lowest BCUT2D eigenvalue weighted by Gasteiger charge is -2.26. The zero-order valence-corrected chi connectivity index (χ0v) is 32.5. The van der Waals surface area contributed by atoms with E-state index < -0.39 is 0 Å². The molecule has 1 heterocycles. The highest BCUT2D eigenvalue weighted by Crippen LogP contribution is 2.50. The summed E-state index contributed by atoms with van der Waals surface area (Å²) in [5.74, 6) is 0. The second-order valence-electron chi connectivity index (χ2n) is 14.9. The third-order valence-electron chi connectivity index (χ3n) is 11.5. The lowest BCUT2D eigenvalue weighted by atomic mass is 9.95. The van der Waals surface area contributed by atoms with Gasteiger partial charge in [0.25, 0.3) is 0 Å². The van der Waals surface area contributed by atoms with E-state index in [4.69, 9.17) is 0 Å². The second-order valence-corrected chi connectivity index (χ2v) is 15.9. The smallest absolute Gasteiger partial charge is 0.0640 e. The molecule has 10 aromatic carbocycles. The van der Waals surface area contributed by atoms with Gasteiger partial charge < -0.3 is 4.90 Å². The topological polar surface area (TPSA) is 3.24 Å². The lowest BCUT2D eigenvalue weighted by Crippen LogP contribution is -2.10. The van der Waals surface area contributed by atoms with Gasteiger partial charge in [0, 0.05) is 26.8 Å². The Hall–Kier alpha value is -7.26. The van der Waals surface area contributed by atoms with Gasteiger partial charge >= 0.3 is 0 Å². The fraction of sp³-hybridized carbons (Fsp3) is 0. The predicted molar refractivity (Wildman–Crippen MR) is 251 cm³/mol. The maximum absolute atomic E-state index is 2.44. The summed E-state index contributed by atoms with van der Waals surface area (Å²) in [6.45, 7) is 0. The molecule has 0 fully saturated rings. The Kier molecular flexibility index (Phi) is 8.42. The summed E-state index contributed by atoms with van der Waals surface area (Å²) in [5, 5.41) is 7.57. The number of anilines is 3. The molecule has 0 amide bonds. The average molecular weight is 756 g/mol. The summed E-state index contributed by atoms with van der Waals surface area (Å²) in [7, 11) is 0. The summed E-state index contributed by atoms with van der Waals surface area (Å²) in [6, 6.07) is 81.8. The number of thiophene rings is 1. The van der Waals surface area contributed by atoms with Crippen LogP contribution < -0.4 is 4.90 Å². The molecule has 0 radical (unpaired) electrons. The van der Waals surface area contributed by atoms with E-state index in [2.05, 4.69) is 229 Å². The molecule has 0 aliphatic heterocycles. The molecule has 11 aromatic rings. The summed E-state index contributed by atoms with van der Waals surface area (Å²) in [5.41, 5.74) is 13.2. The van der Waals surface area contributed by atoms with Crippen LogP contribution in [0.25, 0.3) is 86.2 Å². The molecule has 0 bridgehead atoms. The maximum atomic E-state index is 2.44. The van der Waals surface area contributed by atoms with E-state index in [0.717, 1.165) is 17.1 Å². The van der Waals surface area contributed by atoms with E-state index in [0.29, 0.717) is 0 Å². The van der Waals surface area contributed by atoms with Crippen LogP contribution in [-0.2, 0) is 0 Å². The molecule has 0 saturated heterocycles. The van der Waals surface area contributed by atoms with Crippen LogP contribution in [0.2, 0.25) is 0 Å². The van der Waals surface area contributed by atoms with Gasteiger partial charge in [-0.1, -0.05) is 188 Å². The monoisotopic (exact) mass is 755 g/mol. The van der Waals surface area contributed by atoms with Crippen molar-refractivity contribution < 1.29 is 0 Å². The van der Waals surface area contributed by atoms with E-state index in [1.807, 2.05) is 11.3 Å². The van der Waals surface area contributed by atoms with Crippen LogP contribution in [0.5, 0.6) is 0 Å². The summed E-state index contributed by atoms with van der Waals surface area (Å²) >= 11 is 1.90. The molecule has 0 atom stereocenters. The fourth-order valence-electron chi connectivity index (χ4n) is 8.63. The van der Waals surface area contributed by atoms with Crippen molar-refractivity contribution >= 4 is 70.1 Å². The Labute approximate surface area is 342 Å². The van der Waals surface area contributed by atoms with Crippen LogP contribution in [0.15, 0.2) is 224 Å². The number of nitrogens with zero attached hydrogens (tertiary/aromatic N) is 1. The van der Waals surface area contributed by atoms with Crippen molar-refractivity contribution in [2.75, 3.05) is 4.90 Å². The van der Waals surface area contributed by atoms with Crippen LogP contribution in [0.3, 0.4) is 0 Å². The van der Waals surface area contributed by atoms with Gasteiger partial charge in [0.15, 0.2) is 0 Å². The van der Waals surface area contributed by atoms with Crippen LogP contribution in [0.4, 0.5) is 17.1 Å². The number of hydrogen-bond donors (Lipinski definition) is 0. The van der Waals surface area contributed by atoms with E-state index in [-0.39, 0.29) is 0 Å². The van der Waals surface area contributed by atoms with E-state index in [1.165, 1.54) is 86.2 Å². The van der Waals surface area contributed by atoms with Crippen LogP contribution in [0.1, 0.15) is 0 Å². The van der Waals surface area contributed by atoms with Gasteiger partial charge in [0.1, 0.15) is 0 Å². The minimum atomic E-state index is 1.11. The van der Waals surface area contributed by atoms with Crippen LogP contribution in [-0.4, -0.2) is 0 Å². The molecule has 58 heavy (non-hydrogen) atoms. The molecular weight excluding hydrogens is 719 g/mol. The highest BCUT2D eigenvalue weighted by Gasteiger charge is 2.22. The highest BCUT2D eigenvalue weighted by molar-refractivity contribution is 7.27. The fourth-order valence-corrected chi connectivity index (χ4v) is 10.00. The number of hydrogen-bond acceptors (Lipinski definition) is 2. The molecule has 1 nitrogen and oxygen atoms in total. The first-order valence-electron chi connectivity index (χ1n) is 19.8. The second kappa shape index (κ2) is 14.4. The van der Waals surface area contributed by atoms with E-state index in [9.17, 15) is 0 Å². The van der Waals surface area contributed by atoms with Crippen LogP contribution in [0, 0.1) is 0 Å². The van der Waals surface area contributed by atoms with Gasteiger partial charge in [-0.25, -0.2) is 0 Å². The van der Waals surface area contributed by atoms with Crippen molar-refractivity contribution in [3.05, 3.63) is 224 Å². The van der Waals surface area contributed by atoms with Gasteiger partial charge in [0.2, 0.25) is 0 Å². The van der Waals surface area contributed by atoms with E-state index >= 15 is 0 Å². The molecule has 0 saturated carbocycles. The first kappa shape index (κ1) is 34.0. The summed E-state index contributed by atoms with van der Waals surface area (Å²) in [4.78, 5) is 2.44. The van der Waals surface area contributed by atoms with Gasteiger partial charge in [-0.05, 0) is 102 Å². The molecular formula is C56H37NS.